The normalized spacial score (nSPS) is 21.3. The molecule has 0 saturated carbocycles. The Kier molecular flexibility index (Phi) is 5.52. The minimum absolute atomic E-state index is 0.0585. The van der Waals surface area contributed by atoms with Crippen LogP contribution in [0.1, 0.15) is 48.3 Å². The van der Waals surface area contributed by atoms with Gasteiger partial charge in [-0.05, 0) is 49.4 Å². The molecule has 2 atom stereocenters. The second-order valence-corrected chi connectivity index (χ2v) is 8.41. The van der Waals surface area contributed by atoms with E-state index >= 15 is 0 Å². The van der Waals surface area contributed by atoms with Crippen molar-refractivity contribution in [1.29, 1.82) is 0 Å². The molecule has 4 nitrogen and oxygen atoms in total. The third-order valence-corrected chi connectivity index (χ3v) is 6.24. The van der Waals surface area contributed by atoms with Crippen molar-refractivity contribution in [3.63, 3.8) is 0 Å². The number of esters is 1. The highest BCUT2D eigenvalue weighted by atomic mass is 35.5. The molecule has 0 radical (unpaired) electrons. The largest absolute Gasteiger partial charge is 0.466 e. The quantitative estimate of drug-likeness (QED) is 0.693. The van der Waals surface area contributed by atoms with E-state index in [4.69, 9.17) is 16.3 Å². The second kappa shape index (κ2) is 8.11. The molecule has 30 heavy (non-hydrogen) atoms. The van der Waals surface area contributed by atoms with E-state index in [0.29, 0.717) is 29.0 Å². The topological polar surface area (TPSA) is 55.4 Å². The van der Waals surface area contributed by atoms with Gasteiger partial charge in [0.2, 0.25) is 0 Å². The number of benzene rings is 2. The first-order valence-corrected chi connectivity index (χ1v) is 10.4. The number of carbonyl (C=O) groups is 2. The Morgan fingerprint density at radius 1 is 1.00 bits per heavy atom. The molecular weight excluding hydrogens is 398 g/mol. The molecule has 2 aromatic rings. The Balaban J connectivity index is 1.79. The van der Waals surface area contributed by atoms with Crippen molar-refractivity contribution in [1.82, 2.24) is 5.32 Å². The first-order valence-electron chi connectivity index (χ1n) is 10.0. The fourth-order valence-corrected chi connectivity index (χ4v) is 4.61. The van der Waals surface area contributed by atoms with Crippen LogP contribution >= 0.6 is 11.6 Å². The third-order valence-electron chi connectivity index (χ3n) is 5.98. The monoisotopic (exact) mass is 421 g/mol. The van der Waals surface area contributed by atoms with Crippen LogP contribution in [0.3, 0.4) is 0 Å². The lowest BCUT2D eigenvalue weighted by atomic mass is 9.71. The molecule has 4 rings (SSSR count). The van der Waals surface area contributed by atoms with Gasteiger partial charge in [-0.25, -0.2) is 4.79 Å². The van der Waals surface area contributed by atoms with Crippen LogP contribution in [0.2, 0.25) is 5.02 Å². The standard InChI is InChI=1S/C25H24ClNO3/c1-14-4-6-17(7-5-14)23-22(25(29)30-3)15(2)27-20-12-18(13-21(28)24(20)23)16-8-10-19(26)11-9-16/h4-11,18,23,27H,12-13H2,1-3H3/t18-,23+/m0/s1. The van der Waals surface area contributed by atoms with E-state index in [1.54, 1.807) is 0 Å². The molecule has 0 spiro atoms. The zero-order chi connectivity index (χ0) is 21.4. The first-order chi connectivity index (χ1) is 14.4. The summed E-state index contributed by atoms with van der Waals surface area (Å²) in [6, 6.07) is 15.7. The van der Waals surface area contributed by atoms with Crippen LogP contribution in [0, 0.1) is 6.92 Å². The van der Waals surface area contributed by atoms with E-state index < -0.39 is 11.9 Å². The van der Waals surface area contributed by atoms with Crippen molar-refractivity contribution >= 4 is 23.4 Å². The summed E-state index contributed by atoms with van der Waals surface area (Å²) in [6.07, 6.45) is 1.11. The van der Waals surface area contributed by atoms with Crippen LogP contribution in [0.5, 0.6) is 0 Å². The molecule has 1 heterocycles. The summed E-state index contributed by atoms with van der Waals surface area (Å²) in [5.74, 6) is -0.701. The number of ether oxygens (including phenoxy) is 1. The molecule has 1 aliphatic heterocycles. The Morgan fingerprint density at radius 2 is 1.63 bits per heavy atom. The average Bonchev–Trinajstić information content (AvgIpc) is 2.73. The number of hydrogen-bond donors (Lipinski definition) is 1. The van der Waals surface area contributed by atoms with Crippen molar-refractivity contribution in [2.45, 2.75) is 38.5 Å². The number of dihydropyridines is 1. The maximum Gasteiger partial charge on any atom is 0.336 e. The Hall–Kier alpha value is -2.85. The van der Waals surface area contributed by atoms with E-state index in [-0.39, 0.29) is 11.7 Å². The van der Waals surface area contributed by atoms with Gasteiger partial charge in [0.05, 0.1) is 12.7 Å². The maximum absolute atomic E-state index is 13.4. The fraction of sp³-hybridized carbons (Fsp3) is 0.280. The van der Waals surface area contributed by atoms with Crippen LogP contribution in [0.25, 0.3) is 0 Å². The highest BCUT2D eigenvalue weighted by Crippen LogP contribution is 2.45. The van der Waals surface area contributed by atoms with E-state index in [1.807, 2.05) is 62.4 Å². The van der Waals surface area contributed by atoms with E-state index in [2.05, 4.69) is 5.32 Å². The van der Waals surface area contributed by atoms with E-state index in [9.17, 15) is 9.59 Å². The molecule has 5 heteroatoms. The van der Waals surface area contributed by atoms with Crippen molar-refractivity contribution < 1.29 is 14.3 Å². The number of ketones is 1. The zero-order valence-electron chi connectivity index (χ0n) is 17.3. The minimum Gasteiger partial charge on any atom is -0.466 e. The average molecular weight is 422 g/mol. The Morgan fingerprint density at radius 3 is 2.27 bits per heavy atom. The van der Waals surface area contributed by atoms with Gasteiger partial charge < -0.3 is 10.1 Å². The molecule has 0 bridgehead atoms. The van der Waals surface area contributed by atoms with Gasteiger partial charge in [0, 0.05) is 34.3 Å². The molecule has 0 saturated heterocycles. The Labute approximate surface area is 181 Å². The number of hydrogen-bond acceptors (Lipinski definition) is 4. The van der Waals surface area contributed by atoms with Gasteiger partial charge in [-0.3, -0.25) is 4.79 Å². The molecule has 1 aliphatic carbocycles. The molecule has 154 valence electrons. The van der Waals surface area contributed by atoms with Gasteiger partial charge in [-0.2, -0.15) is 0 Å². The molecule has 0 fully saturated rings. The number of aryl methyl sites for hydroxylation is 1. The number of methoxy groups -OCH3 is 1. The van der Waals surface area contributed by atoms with Gasteiger partial charge >= 0.3 is 5.97 Å². The molecule has 0 amide bonds. The van der Waals surface area contributed by atoms with E-state index in [1.165, 1.54) is 7.11 Å². The molecule has 0 unspecified atom stereocenters. The van der Waals surface area contributed by atoms with Crippen LogP contribution in [0.15, 0.2) is 71.1 Å². The highest BCUT2D eigenvalue weighted by molar-refractivity contribution is 6.30. The van der Waals surface area contributed by atoms with Crippen molar-refractivity contribution in [2.24, 2.45) is 0 Å². The van der Waals surface area contributed by atoms with Gasteiger partial charge in [-0.1, -0.05) is 53.6 Å². The van der Waals surface area contributed by atoms with Gasteiger partial charge in [0.25, 0.3) is 0 Å². The molecular formula is C25H24ClNO3. The summed E-state index contributed by atoms with van der Waals surface area (Å²) in [5.41, 5.74) is 5.94. The van der Waals surface area contributed by atoms with Crippen molar-refractivity contribution in [3.8, 4) is 0 Å². The van der Waals surface area contributed by atoms with Gasteiger partial charge in [0.1, 0.15) is 0 Å². The molecule has 2 aliphatic rings. The Bertz CT molecular complexity index is 1060. The smallest absolute Gasteiger partial charge is 0.336 e. The highest BCUT2D eigenvalue weighted by Gasteiger charge is 2.41. The lowest BCUT2D eigenvalue weighted by molar-refractivity contribution is -0.136. The summed E-state index contributed by atoms with van der Waals surface area (Å²) >= 11 is 6.03. The zero-order valence-corrected chi connectivity index (χ0v) is 18.0. The summed E-state index contributed by atoms with van der Waals surface area (Å²) in [6.45, 7) is 3.88. The van der Waals surface area contributed by atoms with E-state index in [0.717, 1.165) is 28.1 Å². The van der Waals surface area contributed by atoms with Crippen LogP contribution in [-0.4, -0.2) is 18.9 Å². The minimum atomic E-state index is -0.423. The third kappa shape index (κ3) is 3.68. The number of allylic oxidation sites excluding steroid dienone is 3. The lowest BCUT2D eigenvalue weighted by Crippen LogP contribution is -2.36. The SMILES string of the molecule is COC(=O)C1=C(C)NC2=C(C(=O)C[C@@H](c3ccc(Cl)cc3)C2)[C@@H]1c1ccc(C)cc1. The van der Waals surface area contributed by atoms with Crippen LogP contribution in [-0.2, 0) is 14.3 Å². The van der Waals surface area contributed by atoms with Crippen LogP contribution in [0.4, 0.5) is 0 Å². The second-order valence-electron chi connectivity index (χ2n) is 7.97. The number of rotatable bonds is 3. The first kappa shape index (κ1) is 20.4. The summed E-state index contributed by atoms with van der Waals surface area (Å²) in [4.78, 5) is 26.1. The van der Waals surface area contributed by atoms with Gasteiger partial charge in [0.15, 0.2) is 5.78 Å². The van der Waals surface area contributed by atoms with Crippen molar-refractivity contribution in [2.75, 3.05) is 7.11 Å². The summed E-state index contributed by atoms with van der Waals surface area (Å²) in [5, 5.41) is 4.03. The lowest BCUT2D eigenvalue weighted by Gasteiger charge is -2.36. The van der Waals surface area contributed by atoms with Crippen LogP contribution < -0.4 is 5.32 Å². The molecule has 0 aromatic heterocycles. The van der Waals surface area contributed by atoms with Gasteiger partial charge in [-0.15, -0.1) is 0 Å². The fourth-order valence-electron chi connectivity index (χ4n) is 4.48. The summed E-state index contributed by atoms with van der Waals surface area (Å²) in [7, 11) is 1.37. The number of nitrogens with one attached hydrogen (secondary N) is 1. The number of halogens is 1. The predicted molar refractivity (Wildman–Crippen MR) is 117 cm³/mol. The molecule has 1 N–H and O–H groups in total. The number of Topliss-reactive ketones (excluding diaryl/α,β-unsaturated/α-hetero) is 1. The van der Waals surface area contributed by atoms with Crippen molar-refractivity contribution in [3.05, 3.63) is 92.8 Å². The maximum atomic E-state index is 13.4. The molecule has 2 aromatic carbocycles. The number of carbonyl (C=O) groups excluding carboxylic acids is 2. The summed E-state index contributed by atoms with van der Waals surface area (Å²) < 4.78 is 5.07. The predicted octanol–water partition coefficient (Wildman–Crippen LogP) is 5.18.